The molecule has 0 unspecified atom stereocenters. The zero-order valence-electron chi connectivity index (χ0n) is 19.9. The van der Waals surface area contributed by atoms with Crippen molar-refractivity contribution in [2.45, 2.75) is 69.6 Å². The zero-order valence-corrected chi connectivity index (χ0v) is 21.5. The predicted molar refractivity (Wildman–Crippen MR) is 137 cm³/mol. The Hall–Kier alpha value is -2.51. The Morgan fingerprint density at radius 2 is 1.91 bits per heavy atom. The Kier molecular flexibility index (Phi) is 9.42. The van der Waals surface area contributed by atoms with E-state index in [4.69, 9.17) is 20.6 Å². The van der Waals surface area contributed by atoms with E-state index in [1.807, 2.05) is 44.2 Å². The van der Waals surface area contributed by atoms with Crippen molar-refractivity contribution in [3.8, 4) is 5.75 Å². The summed E-state index contributed by atoms with van der Waals surface area (Å²) < 4.78 is 13.0. The first-order chi connectivity index (χ1) is 16.3. The standard InChI is InChI=1S/C26H31ClN2O4S/c1-4-5-6-9-24(30)29(33-34-21-13-10-19(27)11-14-21)16-7-8-17-32-20-12-15-23-22(18-20)26(2,3)25(31)28-23/h10-16,18H,4-9,17H2,1-3H3/p+1. The molecular weight excluding hydrogens is 472 g/mol. The molecule has 1 heterocycles. The van der Waals surface area contributed by atoms with Crippen molar-refractivity contribution in [3.05, 3.63) is 53.1 Å². The van der Waals surface area contributed by atoms with Gasteiger partial charge in [-0.25, -0.2) is 4.79 Å². The number of carbonyl (C=O) groups is 2. The summed E-state index contributed by atoms with van der Waals surface area (Å²) in [5.41, 5.74) is 1.21. The fourth-order valence-corrected chi connectivity index (χ4v) is 4.19. The maximum atomic E-state index is 12.6. The Labute approximate surface area is 210 Å². The number of nitrogens with zero attached hydrogens (tertiary/aromatic N) is 1. The van der Waals surface area contributed by atoms with Crippen LogP contribution in [-0.4, -0.2) is 29.4 Å². The first-order valence-corrected chi connectivity index (χ1v) is 12.8. The molecule has 0 fully saturated rings. The van der Waals surface area contributed by atoms with Gasteiger partial charge in [0.15, 0.2) is 12.0 Å². The molecule has 0 atom stereocenters. The number of rotatable bonds is 12. The first-order valence-electron chi connectivity index (χ1n) is 11.7. The lowest BCUT2D eigenvalue weighted by molar-refractivity contribution is -0.667. The minimum atomic E-state index is -0.569. The van der Waals surface area contributed by atoms with Gasteiger partial charge < -0.3 is 10.1 Å². The number of carbonyl (C=O) groups excluding carboxylic acids is 2. The normalized spacial score (nSPS) is 14.5. The number of halogens is 1. The Morgan fingerprint density at radius 3 is 2.65 bits per heavy atom. The van der Waals surface area contributed by atoms with Gasteiger partial charge in [-0.1, -0.05) is 31.4 Å². The van der Waals surface area contributed by atoms with Crippen molar-refractivity contribution < 1.29 is 23.3 Å². The van der Waals surface area contributed by atoms with Gasteiger partial charge in [0.25, 0.3) is 0 Å². The molecule has 1 aliphatic rings. The van der Waals surface area contributed by atoms with Crippen LogP contribution in [-0.2, 0) is 19.3 Å². The third-order valence-corrected chi connectivity index (χ3v) is 6.61. The van der Waals surface area contributed by atoms with Crippen LogP contribution in [0.1, 0.15) is 64.9 Å². The van der Waals surface area contributed by atoms with Crippen LogP contribution in [0, 0.1) is 0 Å². The van der Waals surface area contributed by atoms with Gasteiger partial charge in [0.1, 0.15) is 5.75 Å². The summed E-state index contributed by atoms with van der Waals surface area (Å²) in [6.45, 7) is 6.40. The molecule has 2 aromatic rings. The second kappa shape index (κ2) is 12.3. The minimum Gasteiger partial charge on any atom is -0.494 e. The average molecular weight is 504 g/mol. The summed E-state index contributed by atoms with van der Waals surface area (Å²) in [6, 6.07) is 12.9. The smallest absolute Gasteiger partial charge is 0.435 e. The molecular formula is C26H32ClN2O4S+. The molecule has 0 aromatic heterocycles. The summed E-state index contributed by atoms with van der Waals surface area (Å²) >= 11 is 7.06. The highest BCUT2D eigenvalue weighted by Crippen LogP contribution is 2.39. The maximum Gasteiger partial charge on any atom is 0.435 e. The number of benzene rings is 2. The van der Waals surface area contributed by atoms with E-state index in [-0.39, 0.29) is 11.8 Å². The quantitative estimate of drug-likeness (QED) is 0.117. The number of unbranched alkanes of at least 4 members (excludes halogenated alkanes) is 3. The monoisotopic (exact) mass is 503 g/mol. The van der Waals surface area contributed by atoms with E-state index in [0.29, 0.717) is 30.9 Å². The van der Waals surface area contributed by atoms with Crippen LogP contribution in [0.15, 0.2) is 47.4 Å². The highest BCUT2D eigenvalue weighted by molar-refractivity contribution is 7.94. The molecule has 0 saturated heterocycles. The molecule has 1 aliphatic heterocycles. The molecule has 182 valence electrons. The van der Waals surface area contributed by atoms with Crippen LogP contribution in [0.4, 0.5) is 5.69 Å². The van der Waals surface area contributed by atoms with E-state index in [1.54, 1.807) is 18.3 Å². The van der Waals surface area contributed by atoms with E-state index in [1.165, 1.54) is 4.74 Å². The first kappa shape index (κ1) is 26.1. The molecule has 6 nitrogen and oxygen atoms in total. The highest BCUT2D eigenvalue weighted by Gasteiger charge is 2.38. The summed E-state index contributed by atoms with van der Waals surface area (Å²) in [5, 5.41) is 3.55. The Morgan fingerprint density at radius 1 is 1.15 bits per heavy atom. The lowest BCUT2D eigenvalue weighted by Crippen LogP contribution is -2.26. The van der Waals surface area contributed by atoms with Gasteiger partial charge in [-0.2, -0.15) is 4.28 Å². The summed E-state index contributed by atoms with van der Waals surface area (Å²) in [4.78, 5) is 25.6. The third-order valence-electron chi connectivity index (χ3n) is 5.66. The molecule has 2 amide bonds. The predicted octanol–water partition coefficient (Wildman–Crippen LogP) is 6.56. The van der Waals surface area contributed by atoms with Crippen molar-refractivity contribution in [2.75, 3.05) is 11.9 Å². The van der Waals surface area contributed by atoms with Crippen LogP contribution in [0.3, 0.4) is 0 Å². The van der Waals surface area contributed by atoms with Crippen molar-refractivity contribution in [2.24, 2.45) is 0 Å². The van der Waals surface area contributed by atoms with E-state index in [9.17, 15) is 9.59 Å². The highest BCUT2D eigenvalue weighted by atomic mass is 35.5. The van der Waals surface area contributed by atoms with E-state index >= 15 is 0 Å². The molecule has 2 aromatic carbocycles. The minimum absolute atomic E-state index is 0.00517. The number of fused-ring (bicyclic) bond motifs is 1. The number of amides is 2. The van der Waals surface area contributed by atoms with E-state index in [0.717, 1.165) is 53.2 Å². The van der Waals surface area contributed by atoms with E-state index < -0.39 is 5.41 Å². The van der Waals surface area contributed by atoms with Crippen LogP contribution in [0.5, 0.6) is 5.75 Å². The van der Waals surface area contributed by atoms with Crippen molar-refractivity contribution in [3.63, 3.8) is 0 Å². The molecule has 0 saturated carbocycles. The molecule has 0 radical (unpaired) electrons. The van der Waals surface area contributed by atoms with E-state index in [2.05, 4.69) is 12.2 Å². The largest absolute Gasteiger partial charge is 0.494 e. The lowest BCUT2D eigenvalue weighted by atomic mass is 9.86. The number of hydrogen-bond donors (Lipinski definition) is 1. The second-order valence-corrected chi connectivity index (χ2v) is 9.97. The van der Waals surface area contributed by atoms with Gasteiger partial charge in [-0.05, 0) is 74.7 Å². The number of hydrogen-bond acceptors (Lipinski definition) is 5. The number of nitrogens with one attached hydrogen (secondary N) is 1. The number of ether oxygens (including phenoxy) is 1. The molecule has 34 heavy (non-hydrogen) atoms. The molecule has 0 spiro atoms. The molecule has 8 heteroatoms. The summed E-state index contributed by atoms with van der Waals surface area (Å²) in [6.07, 6.45) is 6.45. The average Bonchev–Trinajstić information content (AvgIpc) is 3.04. The number of anilines is 1. The SMILES string of the molecule is CCCCCC(=O)[N+](=CCCCOc1ccc2c(c1)C(C)(C)C(=O)N2)OSc1ccc(Cl)cc1. The van der Waals surface area contributed by atoms with Crippen LogP contribution in [0.2, 0.25) is 5.02 Å². The maximum absolute atomic E-state index is 12.6. The fourth-order valence-electron chi connectivity index (χ4n) is 3.51. The Bertz CT molecular complexity index is 1040. The third kappa shape index (κ3) is 7.00. The van der Waals surface area contributed by atoms with Crippen LogP contribution >= 0.6 is 23.6 Å². The van der Waals surface area contributed by atoms with Gasteiger partial charge >= 0.3 is 5.91 Å². The summed E-state index contributed by atoms with van der Waals surface area (Å²) in [7, 11) is 0. The van der Waals surface area contributed by atoms with Gasteiger partial charge in [0, 0.05) is 17.1 Å². The molecule has 1 N–H and O–H groups in total. The fraction of sp³-hybridized carbons (Fsp3) is 0.423. The van der Waals surface area contributed by atoms with Gasteiger partial charge in [0.2, 0.25) is 12.1 Å². The zero-order chi connectivity index (χ0) is 24.6. The van der Waals surface area contributed by atoms with Crippen molar-refractivity contribution in [1.29, 1.82) is 0 Å². The lowest BCUT2D eigenvalue weighted by Gasteiger charge is -2.16. The summed E-state index contributed by atoms with van der Waals surface area (Å²) in [5.74, 6) is 0.661. The second-order valence-electron chi connectivity index (χ2n) is 8.75. The van der Waals surface area contributed by atoms with Crippen LogP contribution in [0.25, 0.3) is 0 Å². The van der Waals surface area contributed by atoms with Gasteiger partial charge in [-0.15, -0.1) is 0 Å². The van der Waals surface area contributed by atoms with Crippen molar-refractivity contribution in [1.82, 2.24) is 0 Å². The van der Waals surface area contributed by atoms with Gasteiger partial charge in [0.05, 0.1) is 28.1 Å². The molecule has 3 rings (SSSR count). The van der Waals surface area contributed by atoms with Gasteiger partial charge in [-0.3, -0.25) is 4.79 Å². The molecule has 0 bridgehead atoms. The van der Waals surface area contributed by atoms with Crippen LogP contribution < -0.4 is 10.1 Å². The van der Waals surface area contributed by atoms with Crippen molar-refractivity contribution >= 4 is 47.4 Å². The Balaban J connectivity index is 1.53. The topological polar surface area (TPSA) is 67.6 Å². The number of hydroxylamine groups is 1. The molecule has 0 aliphatic carbocycles.